The molecule has 0 amide bonds. The van der Waals surface area contributed by atoms with E-state index < -0.39 is 0 Å². The predicted molar refractivity (Wildman–Crippen MR) is 61.1 cm³/mol. The summed E-state index contributed by atoms with van der Waals surface area (Å²) in [4.78, 5) is 0. The van der Waals surface area contributed by atoms with Crippen LogP contribution in [0.1, 0.15) is 18.1 Å². The Kier molecular flexibility index (Phi) is 5.15. The minimum absolute atomic E-state index is 0.566. The molecule has 0 spiro atoms. The van der Waals surface area contributed by atoms with Crippen molar-refractivity contribution < 1.29 is 9.47 Å². The van der Waals surface area contributed by atoms with Crippen LogP contribution in [0, 0.1) is 0 Å². The molecule has 0 aliphatic carbocycles. The highest BCUT2D eigenvalue weighted by molar-refractivity contribution is 5.37. The summed E-state index contributed by atoms with van der Waals surface area (Å²) >= 11 is 0. The average Bonchev–Trinajstić information content (AvgIpc) is 2.29. The van der Waals surface area contributed by atoms with E-state index in [2.05, 4.69) is 13.0 Å². The summed E-state index contributed by atoms with van der Waals surface area (Å²) in [6.45, 7) is 3.90. The zero-order valence-corrected chi connectivity index (χ0v) is 9.45. The van der Waals surface area contributed by atoms with Crippen molar-refractivity contribution >= 4 is 0 Å². The molecule has 0 aliphatic rings. The van der Waals surface area contributed by atoms with Crippen molar-refractivity contribution in [1.82, 2.24) is 0 Å². The molecule has 0 heterocycles. The maximum Gasteiger partial charge on any atom is 0.122 e. The summed E-state index contributed by atoms with van der Waals surface area (Å²) in [6, 6.07) is 6.13. The molecule has 1 rings (SSSR count). The van der Waals surface area contributed by atoms with Crippen LogP contribution in [0.5, 0.6) is 5.75 Å². The molecular formula is C12H19NO2. The Hall–Kier alpha value is -1.06. The van der Waals surface area contributed by atoms with Gasteiger partial charge in [0.25, 0.3) is 0 Å². The van der Waals surface area contributed by atoms with Gasteiger partial charge in [0.05, 0.1) is 20.3 Å². The van der Waals surface area contributed by atoms with Crippen molar-refractivity contribution in [2.75, 3.05) is 20.3 Å². The summed E-state index contributed by atoms with van der Waals surface area (Å²) in [5, 5.41) is 0. The van der Waals surface area contributed by atoms with Crippen molar-refractivity contribution in [3.05, 3.63) is 29.3 Å². The van der Waals surface area contributed by atoms with Crippen LogP contribution in [0.15, 0.2) is 18.2 Å². The molecule has 0 saturated carbocycles. The molecule has 84 valence electrons. The lowest BCUT2D eigenvalue weighted by molar-refractivity contribution is 0.128. The second-order valence-electron chi connectivity index (χ2n) is 3.34. The van der Waals surface area contributed by atoms with Crippen LogP contribution in [0.25, 0.3) is 0 Å². The molecular weight excluding hydrogens is 190 g/mol. The third-order valence-electron chi connectivity index (χ3n) is 2.26. The maximum atomic E-state index is 5.38. The van der Waals surface area contributed by atoms with E-state index in [4.69, 9.17) is 15.2 Å². The van der Waals surface area contributed by atoms with Crippen LogP contribution in [0.4, 0.5) is 0 Å². The Bertz CT molecular complexity index is 300. The van der Waals surface area contributed by atoms with Crippen molar-refractivity contribution in [1.29, 1.82) is 0 Å². The number of rotatable bonds is 6. The fraction of sp³-hybridized carbons (Fsp3) is 0.500. The minimum Gasteiger partial charge on any atom is -0.496 e. The van der Waals surface area contributed by atoms with E-state index in [9.17, 15) is 0 Å². The average molecular weight is 209 g/mol. The quantitative estimate of drug-likeness (QED) is 0.726. The summed E-state index contributed by atoms with van der Waals surface area (Å²) < 4.78 is 10.6. The van der Waals surface area contributed by atoms with Gasteiger partial charge in [-0.15, -0.1) is 0 Å². The van der Waals surface area contributed by atoms with Gasteiger partial charge in [0, 0.05) is 6.54 Å². The summed E-state index contributed by atoms with van der Waals surface area (Å²) in [7, 11) is 1.69. The highest BCUT2D eigenvalue weighted by Gasteiger charge is 2.02. The first-order valence-electron chi connectivity index (χ1n) is 5.25. The first-order valence-corrected chi connectivity index (χ1v) is 5.25. The van der Waals surface area contributed by atoms with E-state index in [1.807, 2.05) is 12.1 Å². The van der Waals surface area contributed by atoms with E-state index in [0.717, 1.165) is 12.2 Å². The maximum absolute atomic E-state index is 5.38. The molecule has 0 atom stereocenters. The first kappa shape index (κ1) is 12.0. The van der Waals surface area contributed by atoms with Gasteiger partial charge >= 0.3 is 0 Å². The van der Waals surface area contributed by atoms with Gasteiger partial charge in [-0.1, -0.05) is 13.0 Å². The Labute approximate surface area is 91.2 Å². The van der Waals surface area contributed by atoms with Crippen molar-refractivity contribution in [2.24, 2.45) is 5.73 Å². The van der Waals surface area contributed by atoms with Crippen molar-refractivity contribution in [3.63, 3.8) is 0 Å². The number of hydrogen-bond acceptors (Lipinski definition) is 3. The second-order valence-corrected chi connectivity index (χ2v) is 3.34. The molecule has 3 heteroatoms. The fourth-order valence-corrected chi connectivity index (χ4v) is 1.47. The molecule has 0 radical (unpaired) electrons. The molecule has 0 unspecified atom stereocenters. The Morgan fingerprint density at radius 1 is 1.33 bits per heavy atom. The van der Waals surface area contributed by atoms with Crippen LogP contribution >= 0.6 is 0 Å². The van der Waals surface area contributed by atoms with E-state index in [0.29, 0.717) is 19.8 Å². The lowest BCUT2D eigenvalue weighted by Gasteiger charge is -2.09. The molecule has 3 nitrogen and oxygen atoms in total. The summed E-state index contributed by atoms with van der Waals surface area (Å²) in [6.07, 6.45) is 0.966. The van der Waals surface area contributed by atoms with Crippen LogP contribution in [0.3, 0.4) is 0 Å². The van der Waals surface area contributed by atoms with Gasteiger partial charge in [-0.2, -0.15) is 0 Å². The minimum atomic E-state index is 0.566. The number of nitrogens with two attached hydrogens (primary N) is 1. The largest absolute Gasteiger partial charge is 0.496 e. The normalized spacial score (nSPS) is 10.3. The number of ether oxygens (including phenoxy) is 2. The molecule has 0 bridgehead atoms. The zero-order chi connectivity index (χ0) is 11.1. The molecule has 15 heavy (non-hydrogen) atoms. The first-order chi connectivity index (χ1) is 7.31. The smallest absolute Gasteiger partial charge is 0.122 e. The molecule has 0 saturated heterocycles. The standard InChI is InChI=1S/C12H19NO2/c1-3-11-8-10(9-15-7-6-13)4-5-12(11)14-2/h4-5,8H,3,6-7,9,13H2,1-2H3. The van der Waals surface area contributed by atoms with Crippen molar-refractivity contribution in [3.8, 4) is 5.75 Å². The van der Waals surface area contributed by atoms with Gasteiger partial charge in [0.2, 0.25) is 0 Å². The Morgan fingerprint density at radius 2 is 2.13 bits per heavy atom. The lowest BCUT2D eigenvalue weighted by Crippen LogP contribution is -2.08. The van der Waals surface area contributed by atoms with Gasteiger partial charge in [0.15, 0.2) is 0 Å². The van der Waals surface area contributed by atoms with Gasteiger partial charge in [-0.05, 0) is 29.7 Å². The SMILES string of the molecule is CCc1cc(COCCN)ccc1OC. The van der Waals surface area contributed by atoms with Gasteiger partial charge < -0.3 is 15.2 Å². The monoisotopic (exact) mass is 209 g/mol. The van der Waals surface area contributed by atoms with E-state index in [1.54, 1.807) is 7.11 Å². The van der Waals surface area contributed by atoms with E-state index >= 15 is 0 Å². The highest BCUT2D eigenvalue weighted by Crippen LogP contribution is 2.20. The van der Waals surface area contributed by atoms with Crippen LogP contribution in [-0.4, -0.2) is 20.3 Å². The number of methoxy groups -OCH3 is 1. The van der Waals surface area contributed by atoms with Crippen LogP contribution in [-0.2, 0) is 17.8 Å². The van der Waals surface area contributed by atoms with Gasteiger partial charge in [-0.25, -0.2) is 0 Å². The molecule has 1 aromatic carbocycles. The van der Waals surface area contributed by atoms with Crippen molar-refractivity contribution in [2.45, 2.75) is 20.0 Å². The molecule has 0 aliphatic heterocycles. The third-order valence-corrected chi connectivity index (χ3v) is 2.26. The molecule has 1 aromatic rings. The molecule has 2 N–H and O–H groups in total. The van der Waals surface area contributed by atoms with Gasteiger partial charge in [0.1, 0.15) is 5.75 Å². The van der Waals surface area contributed by atoms with E-state index in [1.165, 1.54) is 11.1 Å². The topological polar surface area (TPSA) is 44.5 Å². The Balaban J connectivity index is 2.66. The third kappa shape index (κ3) is 3.53. The Morgan fingerprint density at radius 3 is 2.73 bits per heavy atom. The number of benzene rings is 1. The highest BCUT2D eigenvalue weighted by atomic mass is 16.5. The zero-order valence-electron chi connectivity index (χ0n) is 9.45. The van der Waals surface area contributed by atoms with Crippen LogP contribution < -0.4 is 10.5 Å². The van der Waals surface area contributed by atoms with E-state index in [-0.39, 0.29) is 0 Å². The molecule has 0 fully saturated rings. The number of hydrogen-bond donors (Lipinski definition) is 1. The fourth-order valence-electron chi connectivity index (χ4n) is 1.47. The molecule has 0 aromatic heterocycles. The second kappa shape index (κ2) is 6.43. The summed E-state index contributed by atoms with van der Waals surface area (Å²) in [5.74, 6) is 0.945. The van der Waals surface area contributed by atoms with Crippen LogP contribution in [0.2, 0.25) is 0 Å². The predicted octanol–water partition coefficient (Wildman–Crippen LogP) is 1.73. The van der Waals surface area contributed by atoms with Gasteiger partial charge in [-0.3, -0.25) is 0 Å². The lowest BCUT2D eigenvalue weighted by atomic mass is 10.1. The number of aryl methyl sites for hydroxylation is 1. The summed E-state index contributed by atoms with van der Waals surface area (Å²) in [5.41, 5.74) is 7.73.